The molecule has 0 aromatic heterocycles. The van der Waals surface area contributed by atoms with E-state index in [9.17, 15) is 4.79 Å². The van der Waals surface area contributed by atoms with Crippen LogP contribution in [0.5, 0.6) is 0 Å². The summed E-state index contributed by atoms with van der Waals surface area (Å²) >= 11 is 0. The lowest BCUT2D eigenvalue weighted by molar-refractivity contribution is -0.137. The molecule has 2 N–H and O–H groups in total. The number of hydrogen-bond donors (Lipinski definition) is 1. The van der Waals surface area contributed by atoms with Crippen molar-refractivity contribution in [3.8, 4) is 0 Å². The highest BCUT2D eigenvalue weighted by atomic mass is 16.2. The van der Waals surface area contributed by atoms with Gasteiger partial charge >= 0.3 is 0 Å². The van der Waals surface area contributed by atoms with E-state index in [1.54, 1.807) is 0 Å². The first-order chi connectivity index (χ1) is 10.2. The Labute approximate surface area is 128 Å². The third kappa shape index (κ3) is 4.07. The number of nitrogens with two attached hydrogens (primary N) is 1. The molecule has 0 radical (unpaired) electrons. The van der Waals surface area contributed by atoms with E-state index in [1.165, 1.54) is 5.56 Å². The molecule has 3 atom stereocenters. The van der Waals surface area contributed by atoms with Gasteiger partial charge in [-0.2, -0.15) is 0 Å². The highest BCUT2D eigenvalue weighted by Crippen LogP contribution is 2.27. The van der Waals surface area contributed by atoms with Crippen molar-refractivity contribution in [3.05, 3.63) is 35.9 Å². The maximum atomic E-state index is 12.8. The molecule has 0 spiro atoms. The molecular weight excluding hydrogens is 260 g/mol. The van der Waals surface area contributed by atoms with Gasteiger partial charge in [-0.1, -0.05) is 37.3 Å². The number of nitrogens with zero attached hydrogens (tertiary/aromatic N) is 1. The molecule has 1 aromatic rings. The van der Waals surface area contributed by atoms with E-state index >= 15 is 0 Å². The van der Waals surface area contributed by atoms with E-state index in [4.69, 9.17) is 5.73 Å². The number of amides is 1. The fourth-order valence-corrected chi connectivity index (χ4v) is 3.43. The minimum Gasteiger partial charge on any atom is -0.339 e. The third-order valence-corrected chi connectivity index (χ3v) is 4.67. The molecular formula is C18H28N2O. The summed E-state index contributed by atoms with van der Waals surface area (Å²) in [6.45, 7) is 5.04. The Morgan fingerprint density at radius 1 is 1.29 bits per heavy atom. The lowest BCUT2D eigenvalue weighted by atomic mass is 9.99. The van der Waals surface area contributed by atoms with Crippen LogP contribution >= 0.6 is 0 Å². The Balaban J connectivity index is 2.04. The number of benzene rings is 1. The number of rotatable bonds is 6. The zero-order chi connectivity index (χ0) is 15.2. The molecule has 0 heterocycles. The smallest absolute Gasteiger partial charge is 0.225 e. The van der Waals surface area contributed by atoms with Crippen molar-refractivity contribution < 1.29 is 4.79 Å². The molecule has 1 aliphatic rings. The highest BCUT2D eigenvalue weighted by Gasteiger charge is 2.32. The first-order valence-corrected chi connectivity index (χ1v) is 8.25. The van der Waals surface area contributed by atoms with E-state index < -0.39 is 0 Å². The fraction of sp³-hybridized carbons (Fsp3) is 0.611. The minimum absolute atomic E-state index is 0.143. The first kappa shape index (κ1) is 16.0. The quantitative estimate of drug-likeness (QED) is 0.874. The molecule has 3 nitrogen and oxygen atoms in total. The molecule has 21 heavy (non-hydrogen) atoms. The van der Waals surface area contributed by atoms with Gasteiger partial charge in [0, 0.05) is 24.5 Å². The van der Waals surface area contributed by atoms with Gasteiger partial charge in [-0.15, -0.1) is 0 Å². The van der Waals surface area contributed by atoms with Gasteiger partial charge in [-0.25, -0.2) is 0 Å². The summed E-state index contributed by atoms with van der Waals surface area (Å²) in [5, 5.41) is 0. The predicted molar refractivity (Wildman–Crippen MR) is 86.9 cm³/mol. The van der Waals surface area contributed by atoms with Crippen LogP contribution < -0.4 is 5.73 Å². The molecule has 1 amide bonds. The van der Waals surface area contributed by atoms with Crippen molar-refractivity contribution >= 4 is 5.91 Å². The van der Waals surface area contributed by atoms with E-state index in [1.807, 2.05) is 6.07 Å². The number of carbonyl (C=O) groups excluding carboxylic acids is 1. The maximum Gasteiger partial charge on any atom is 0.225 e. The van der Waals surface area contributed by atoms with Crippen LogP contribution in [0.3, 0.4) is 0 Å². The van der Waals surface area contributed by atoms with Crippen molar-refractivity contribution in [2.75, 3.05) is 6.54 Å². The van der Waals surface area contributed by atoms with Crippen LogP contribution in [-0.2, 0) is 11.2 Å². The van der Waals surface area contributed by atoms with Gasteiger partial charge in [-0.3, -0.25) is 4.79 Å². The molecule has 0 aliphatic heterocycles. The van der Waals surface area contributed by atoms with Gasteiger partial charge in [0.15, 0.2) is 0 Å². The summed E-state index contributed by atoms with van der Waals surface area (Å²) < 4.78 is 0. The molecule has 1 aliphatic carbocycles. The zero-order valence-corrected chi connectivity index (χ0v) is 13.3. The third-order valence-electron chi connectivity index (χ3n) is 4.67. The van der Waals surface area contributed by atoms with Crippen LogP contribution in [0, 0.1) is 5.92 Å². The van der Waals surface area contributed by atoms with E-state index in [0.29, 0.717) is 11.9 Å². The molecule has 3 heteroatoms. The van der Waals surface area contributed by atoms with Gasteiger partial charge < -0.3 is 10.6 Å². The number of carbonyl (C=O) groups is 1. The van der Waals surface area contributed by atoms with Crippen molar-refractivity contribution in [2.24, 2.45) is 11.7 Å². The van der Waals surface area contributed by atoms with Crippen LogP contribution in [0.15, 0.2) is 30.3 Å². The van der Waals surface area contributed by atoms with E-state index in [2.05, 4.69) is 43.0 Å². The molecule has 0 saturated heterocycles. The normalized spacial score (nSPS) is 23.0. The molecule has 3 unspecified atom stereocenters. The fourth-order valence-electron chi connectivity index (χ4n) is 3.43. The van der Waals surface area contributed by atoms with Crippen LogP contribution in [0.2, 0.25) is 0 Å². The summed E-state index contributed by atoms with van der Waals surface area (Å²) in [7, 11) is 0. The van der Waals surface area contributed by atoms with Gasteiger partial charge in [0.1, 0.15) is 0 Å². The lowest BCUT2D eigenvalue weighted by Crippen LogP contribution is -2.44. The average molecular weight is 288 g/mol. The second-order valence-corrected chi connectivity index (χ2v) is 6.15. The Hall–Kier alpha value is -1.35. The lowest BCUT2D eigenvalue weighted by Gasteiger charge is -2.32. The maximum absolute atomic E-state index is 12.8. The zero-order valence-electron chi connectivity index (χ0n) is 13.3. The Morgan fingerprint density at radius 3 is 2.52 bits per heavy atom. The van der Waals surface area contributed by atoms with Crippen molar-refractivity contribution in [1.82, 2.24) is 4.90 Å². The van der Waals surface area contributed by atoms with Crippen LogP contribution in [0.1, 0.15) is 45.1 Å². The van der Waals surface area contributed by atoms with E-state index in [-0.39, 0.29) is 12.0 Å². The SMILES string of the molecule is CCC(Cc1ccccc1)N(CC)C(=O)C1CCC(N)C1. The topological polar surface area (TPSA) is 46.3 Å². The predicted octanol–water partition coefficient (Wildman–Crippen LogP) is 2.98. The summed E-state index contributed by atoms with van der Waals surface area (Å²) in [6.07, 6.45) is 4.74. The summed E-state index contributed by atoms with van der Waals surface area (Å²) in [5.74, 6) is 0.456. The minimum atomic E-state index is 0.143. The van der Waals surface area contributed by atoms with Gasteiger partial charge in [0.25, 0.3) is 0 Å². The van der Waals surface area contributed by atoms with Crippen LogP contribution in [0.4, 0.5) is 0 Å². The number of hydrogen-bond acceptors (Lipinski definition) is 2. The molecule has 1 fully saturated rings. The average Bonchev–Trinajstić information content (AvgIpc) is 2.94. The number of likely N-dealkylation sites (N-methyl/N-ethyl adjacent to an activating group) is 1. The largest absolute Gasteiger partial charge is 0.339 e. The molecule has 0 bridgehead atoms. The van der Waals surface area contributed by atoms with Gasteiger partial charge in [0.2, 0.25) is 5.91 Å². The van der Waals surface area contributed by atoms with Crippen LogP contribution in [0.25, 0.3) is 0 Å². The second kappa shape index (κ2) is 7.60. The standard InChI is InChI=1S/C18H28N2O/c1-3-17(12-14-8-6-5-7-9-14)20(4-2)18(21)15-10-11-16(19)13-15/h5-9,15-17H,3-4,10-13,19H2,1-2H3. The molecule has 1 saturated carbocycles. The summed E-state index contributed by atoms with van der Waals surface area (Å²) in [6, 6.07) is 11.0. The van der Waals surface area contributed by atoms with Crippen LogP contribution in [-0.4, -0.2) is 29.4 Å². The van der Waals surface area contributed by atoms with Crippen molar-refractivity contribution in [1.29, 1.82) is 0 Å². The first-order valence-electron chi connectivity index (χ1n) is 8.25. The highest BCUT2D eigenvalue weighted by molar-refractivity contribution is 5.79. The summed E-state index contributed by atoms with van der Waals surface area (Å²) in [5.41, 5.74) is 7.27. The molecule has 116 valence electrons. The van der Waals surface area contributed by atoms with E-state index in [0.717, 1.165) is 38.6 Å². The summed E-state index contributed by atoms with van der Waals surface area (Å²) in [4.78, 5) is 14.9. The monoisotopic (exact) mass is 288 g/mol. The van der Waals surface area contributed by atoms with Crippen molar-refractivity contribution in [3.63, 3.8) is 0 Å². The molecule has 1 aromatic carbocycles. The Bertz CT molecular complexity index is 446. The Morgan fingerprint density at radius 2 is 2.00 bits per heavy atom. The van der Waals surface area contributed by atoms with Gasteiger partial charge in [-0.05, 0) is 44.6 Å². The Kier molecular flexibility index (Phi) is 5.80. The van der Waals surface area contributed by atoms with Crippen molar-refractivity contribution in [2.45, 2.75) is 58.0 Å². The second-order valence-electron chi connectivity index (χ2n) is 6.15. The van der Waals surface area contributed by atoms with Gasteiger partial charge in [0.05, 0.1) is 0 Å². The molecule has 2 rings (SSSR count).